The SMILES string of the molecule is CC(C)CC(=O)N[C@H](C(=O)N[C@H](CC(C)C)C(=O)[C@]1(CO)CO1)[C@H](C)O. The summed E-state index contributed by atoms with van der Waals surface area (Å²) in [6.07, 6.45) is -0.529. The molecule has 0 aromatic rings. The lowest BCUT2D eigenvalue weighted by atomic mass is 9.92. The van der Waals surface area contributed by atoms with E-state index in [9.17, 15) is 24.6 Å². The van der Waals surface area contributed by atoms with Crippen molar-refractivity contribution in [2.75, 3.05) is 13.2 Å². The third kappa shape index (κ3) is 6.34. The molecule has 0 bridgehead atoms. The van der Waals surface area contributed by atoms with Gasteiger partial charge in [0.2, 0.25) is 11.8 Å². The lowest BCUT2D eigenvalue weighted by Gasteiger charge is -2.26. The van der Waals surface area contributed by atoms with Gasteiger partial charge in [0.15, 0.2) is 11.4 Å². The van der Waals surface area contributed by atoms with Gasteiger partial charge in [-0.25, -0.2) is 0 Å². The molecule has 0 unspecified atom stereocenters. The van der Waals surface area contributed by atoms with Gasteiger partial charge in [-0.15, -0.1) is 0 Å². The standard InChI is InChI=1S/C18H32N2O6/c1-10(2)6-13(16(24)18(8-21)9-26-18)19-17(25)15(12(5)22)20-14(23)7-11(3)4/h10-13,15,21-22H,6-9H2,1-5H3,(H,19,25)(H,20,23)/t12-,13+,15-,18-/m0/s1. The highest BCUT2D eigenvalue weighted by molar-refractivity contribution is 5.98. The zero-order chi connectivity index (χ0) is 20.1. The summed E-state index contributed by atoms with van der Waals surface area (Å²) in [4.78, 5) is 37.2. The van der Waals surface area contributed by atoms with Crippen LogP contribution in [0, 0.1) is 11.8 Å². The van der Waals surface area contributed by atoms with E-state index < -0.39 is 36.3 Å². The van der Waals surface area contributed by atoms with E-state index in [2.05, 4.69) is 10.6 Å². The smallest absolute Gasteiger partial charge is 0.245 e. The number of carbonyl (C=O) groups is 3. The molecule has 1 saturated heterocycles. The molecule has 4 N–H and O–H groups in total. The minimum absolute atomic E-state index is 0.110. The first kappa shape index (κ1) is 22.5. The van der Waals surface area contributed by atoms with Gasteiger partial charge < -0.3 is 25.6 Å². The molecule has 2 amide bonds. The zero-order valence-electron chi connectivity index (χ0n) is 16.2. The van der Waals surface area contributed by atoms with Crippen LogP contribution in [0.15, 0.2) is 0 Å². The van der Waals surface area contributed by atoms with Crippen LogP contribution in [-0.2, 0) is 19.1 Å². The summed E-state index contributed by atoms with van der Waals surface area (Å²) in [6.45, 7) is 8.64. The first-order valence-corrected chi connectivity index (χ1v) is 9.09. The Morgan fingerprint density at radius 3 is 2.04 bits per heavy atom. The van der Waals surface area contributed by atoms with Gasteiger partial charge in [-0.2, -0.15) is 0 Å². The van der Waals surface area contributed by atoms with Crippen LogP contribution < -0.4 is 10.6 Å². The molecule has 1 aliphatic rings. The Bertz CT molecular complexity index is 514. The fourth-order valence-corrected chi connectivity index (χ4v) is 2.69. The van der Waals surface area contributed by atoms with Crippen molar-refractivity contribution < 1.29 is 29.3 Å². The number of carbonyl (C=O) groups excluding carboxylic acids is 3. The minimum Gasteiger partial charge on any atom is -0.393 e. The topological polar surface area (TPSA) is 128 Å². The van der Waals surface area contributed by atoms with E-state index in [0.29, 0.717) is 6.42 Å². The Hall–Kier alpha value is -1.51. The highest BCUT2D eigenvalue weighted by atomic mass is 16.6. The van der Waals surface area contributed by atoms with Crippen molar-refractivity contribution >= 4 is 17.6 Å². The minimum atomic E-state index is -1.24. The molecule has 1 rings (SSSR count). The molecule has 1 fully saturated rings. The van der Waals surface area contributed by atoms with Crippen molar-refractivity contribution in [3.8, 4) is 0 Å². The maximum atomic E-state index is 12.6. The van der Waals surface area contributed by atoms with Gasteiger partial charge >= 0.3 is 0 Å². The molecule has 26 heavy (non-hydrogen) atoms. The Morgan fingerprint density at radius 1 is 1.08 bits per heavy atom. The Labute approximate surface area is 154 Å². The van der Waals surface area contributed by atoms with E-state index >= 15 is 0 Å². The fraction of sp³-hybridized carbons (Fsp3) is 0.833. The third-order valence-corrected chi connectivity index (χ3v) is 4.21. The van der Waals surface area contributed by atoms with E-state index in [1.807, 2.05) is 27.7 Å². The van der Waals surface area contributed by atoms with E-state index in [0.717, 1.165) is 0 Å². The van der Waals surface area contributed by atoms with E-state index in [-0.39, 0.29) is 36.6 Å². The van der Waals surface area contributed by atoms with Crippen molar-refractivity contribution in [3.05, 3.63) is 0 Å². The third-order valence-electron chi connectivity index (χ3n) is 4.21. The second kappa shape index (κ2) is 9.43. The quantitative estimate of drug-likeness (QED) is 0.371. The van der Waals surface area contributed by atoms with Gasteiger partial charge in [0.1, 0.15) is 6.04 Å². The van der Waals surface area contributed by atoms with Crippen LogP contribution in [0.1, 0.15) is 47.5 Å². The number of aliphatic hydroxyl groups excluding tert-OH is 2. The normalized spacial score (nSPS) is 22.7. The molecule has 0 aromatic heterocycles. The van der Waals surface area contributed by atoms with Gasteiger partial charge in [-0.3, -0.25) is 14.4 Å². The Morgan fingerprint density at radius 2 is 1.65 bits per heavy atom. The van der Waals surface area contributed by atoms with Gasteiger partial charge in [-0.05, 0) is 25.2 Å². The van der Waals surface area contributed by atoms with Crippen molar-refractivity contribution in [2.45, 2.75) is 71.2 Å². The van der Waals surface area contributed by atoms with E-state index in [1.165, 1.54) is 6.92 Å². The second-order valence-corrected chi connectivity index (χ2v) is 7.88. The number of hydrogen-bond donors (Lipinski definition) is 4. The molecule has 4 atom stereocenters. The van der Waals surface area contributed by atoms with Crippen molar-refractivity contribution in [3.63, 3.8) is 0 Å². The molecule has 1 heterocycles. The highest BCUT2D eigenvalue weighted by Gasteiger charge is 2.54. The molecule has 1 aliphatic heterocycles. The van der Waals surface area contributed by atoms with Crippen LogP contribution in [0.5, 0.6) is 0 Å². The van der Waals surface area contributed by atoms with Gasteiger partial charge in [0.25, 0.3) is 0 Å². The number of Topliss-reactive ketones (excluding diaryl/α,β-unsaturated/α-hetero) is 1. The summed E-state index contributed by atoms with van der Waals surface area (Å²) in [5.74, 6) is -1.14. The number of epoxide rings is 1. The van der Waals surface area contributed by atoms with Crippen LogP contribution in [0.4, 0.5) is 0 Å². The molecule has 0 saturated carbocycles. The van der Waals surface area contributed by atoms with Crippen LogP contribution in [0.25, 0.3) is 0 Å². The molecule has 150 valence electrons. The largest absolute Gasteiger partial charge is 0.393 e. The number of rotatable bonds is 11. The number of hydrogen-bond acceptors (Lipinski definition) is 6. The summed E-state index contributed by atoms with van der Waals surface area (Å²) in [5.41, 5.74) is -1.24. The lowest BCUT2D eigenvalue weighted by Crippen LogP contribution is -2.57. The van der Waals surface area contributed by atoms with Crippen molar-refractivity contribution in [2.24, 2.45) is 11.8 Å². The summed E-state index contributed by atoms with van der Waals surface area (Å²) in [5, 5.41) is 24.4. The summed E-state index contributed by atoms with van der Waals surface area (Å²) in [6, 6.07) is -2.02. The molecule has 8 nitrogen and oxygen atoms in total. The fourth-order valence-electron chi connectivity index (χ4n) is 2.69. The Balaban J connectivity index is 2.84. The zero-order valence-corrected chi connectivity index (χ0v) is 16.2. The molecular weight excluding hydrogens is 340 g/mol. The van der Waals surface area contributed by atoms with E-state index in [1.54, 1.807) is 0 Å². The van der Waals surface area contributed by atoms with Crippen LogP contribution in [0.2, 0.25) is 0 Å². The van der Waals surface area contributed by atoms with Crippen molar-refractivity contribution in [1.29, 1.82) is 0 Å². The van der Waals surface area contributed by atoms with Gasteiger partial charge in [0, 0.05) is 6.42 Å². The first-order chi connectivity index (χ1) is 12.0. The summed E-state index contributed by atoms with van der Waals surface area (Å²) < 4.78 is 5.10. The Kier molecular flexibility index (Phi) is 8.17. The molecule has 0 aromatic carbocycles. The van der Waals surface area contributed by atoms with Gasteiger partial charge in [-0.1, -0.05) is 27.7 Å². The maximum Gasteiger partial charge on any atom is 0.245 e. The molecule has 8 heteroatoms. The second-order valence-electron chi connectivity index (χ2n) is 7.88. The highest BCUT2D eigenvalue weighted by Crippen LogP contribution is 2.30. The van der Waals surface area contributed by atoms with Crippen LogP contribution >= 0.6 is 0 Å². The monoisotopic (exact) mass is 372 g/mol. The number of nitrogens with one attached hydrogen (secondary N) is 2. The molecule has 0 aliphatic carbocycles. The number of ether oxygens (including phenoxy) is 1. The van der Waals surface area contributed by atoms with Crippen LogP contribution in [0.3, 0.4) is 0 Å². The summed E-state index contributed by atoms with van der Waals surface area (Å²) >= 11 is 0. The summed E-state index contributed by atoms with van der Waals surface area (Å²) in [7, 11) is 0. The maximum absolute atomic E-state index is 12.6. The van der Waals surface area contributed by atoms with E-state index in [4.69, 9.17) is 4.74 Å². The molecule has 0 spiro atoms. The lowest BCUT2D eigenvalue weighted by molar-refractivity contribution is -0.136. The predicted octanol–water partition coefficient (Wildman–Crippen LogP) is -0.241. The molecular formula is C18H32N2O6. The number of ketones is 1. The number of amides is 2. The predicted molar refractivity (Wildman–Crippen MR) is 95.2 cm³/mol. The average molecular weight is 372 g/mol. The van der Waals surface area contributed by atoms with Crippen molar-refractivity contribution in [1.82, 2.24) is 10.6 Å². The first-order valence-electron chi connectivity index (χ1n) is 9.09. The van der Waals surface area contributed by atoms with Gasteiger partial charge in [0.05, 0.1) is 25.4 Å². The number of aliphatic hydroxyl groups is 2. The molecule has 0 radical (unpaired) electrons. The van der Waals surface area contributed by atoms with Crippen LogP contribution in [-0.4, -0.2) is 64.8 Å². The average Bonchev–Trinajstić information content (AvgIpc) is 3.30.